The lowest BCUT2D eigenvalue weighted by molar-refractivity contribution is 0.157. The summed E-state index contributed by atoms with van der Waals surface area (Å²) in [5, 5.41) is 47.7. The fourth-order valence-electron chi connectivity index (χ4n) is 8.85. The van der Waals surface area contributed by atoms with Gasteiger partial charge in [0.05, 0.1) is 26.2 Å². The van der Waals surface area contributed by atoms with Gasteiger partial charge in [0.15, 0.2) is 13.5 Å². The Labute approximate surface area is 555 Å². The van der Waals surface area contributed by atoms with Crippen LogP contribution in [0.2, 0.25) is 0 Å². The summed E-state index contributed by atoms with van der Waals surface area (Å²) >= 11 is 0. The second kappa shape index (κ2) is 62.0. The maximum atomic E-state index is 12.7. The Balaban J connectivity index is 0.00000141. The molecule has 2 N–H and O–H groups in total. The summed E-state index contributed by atoms with van der Waals surface area (Å²) in [5.74, 6) is -0.948. The van der Waals surface area contributed by atoms with Crippen molar-refractivity contribution in [3.63, 3.8) is 0 Å². The predicted octanol–water partition coefficient (Wildman–Crippen LogP) is 5.05. The summed E-state index contributed by atoms with van der Waals surface area (Å²) in [4.78, 5) is 147. The van der Waals surface area contributed by atoms with Crippen molar-refractivity contribution in [2.24, 2.45) is 25.0 Å². The lowest BCUT2D eigenvalue weighted by Gasteiger charge is -2.22. The molecule has 0 aromatic carbocycles. The van der Waals surface area contributed by atoms with Crippen molar-refractivity contribution >= 4 is 36.4 Å². The van der Waals surface area contributed by atoms with E-state index in [-0.39, 0.29) is 25.3 Å². The molecule has 35 nitrogen and oxygen atoms in total. The maximum absolute atomic E-state index is 12.7. The van der Waals surface area contributed by atoms with Crippen molar-refractivity contribution in [2.45, 2.75) is 213 Å². The molecule has 0 saturated heterocycles. The van der Waals surface area contributed by atoms with E-state index >= 15 is 0 Å². The van der Waals surface area contributed by atoms with Crippen LogP contribution >= 0.6 is 0 Å². The number of nitriles is 5. The zero-order valence-corrected chi connectivity index (χ0v) is 54.7. The highest BCUT2D eigenvalue weighted by atomic mass is 16.5. The molecule has 0 saturated carbocycles. The van der Waals surface area contributed by atoms with Crippen molar-refractivity contribution in [1.29, 1.82) is 26.3 Å². The van der Waals surface area contributed by atoms with Gasteiger partial charge in [0, 0.05) is 45.8 Å². The Morgan fingerprint density at radius 3 is 1.07 bits per heavy atom. The first-order valence-electron chi connectivity index (χ1n) is 32.2. The van der Waals surface area contributed by atoms with E-state index in [1.165, 1.54) is 46.3 Å². The van der Waals surface area contributed by atoms with Gasteiger partial charge in [-0.2, -0.15) is 30.9 Å². The molecule has 4 amide bonds. The van der Waals surface area contributed by atoms with Crippen LogP contribution in [0.25, 0.3) is 0 Å². The van der Waals surface area contributed by atoms with Crippen LogP contribution in [0.5, 0.6) is 0 Å². The molecule has 0 aliphatic carbocycles. The van der Waals surface area contributed by atoms with E-state index in [1.807, 2.05) is 0 Å². The van der Waals surface area contributed by atoms with E-state index in [4.69, 9.17) is 30.7 Å². The molecule has 0 radical (unpaired) electrons. The number of isocyanates is 4. The molecule has 2 aromatic rings. The minimum absolute atomic E-state index is 0.0680. The number of aliphatic imine (C=N–C) groups is 4. The van der Waals surface area contributed by atoms with Crippen molar-refractivity contribution in [3.05, 3.63) is 58.2 Å². The highest BCUT2D eigenvalue weighted by Gasteiger charge is 2.21. The number of ether oxygens (including phenoxy) is 5. The number of rotatable bonds is 53. The summed E-state index contributed by atoms with van der Waals surface area (Å²) in [7, 11) is 0. The Kier molecular flexibility index (Phi) is 55.2. The van der Waals surface area contributed by atoms with Crippen LogP contribution in [0, 0.1) is 57.6 Å². The molecule has 35 heteroatoms. The third kappa shape index (κ3) is 42.6. The first-order chi connectivity index (χ1) is 46.9. The zero-order valence-electron chi connectivity index (χ0n) is 54.7. The molecule has 526 valence electrons. The average Bonchev–Trinajstić information content (AvgIpc) is 0.799. The van der Waals surface area contributed by atoms with Gasteiger partial charge in [-0.15, -0.1) is 0 Å². The summed E-state index contributed by atoms with van der Waals surface area (Å²) in [5.41, 5.74) is -3.06. The molecule has 0 atom stereocenters. The van der Waals surface area contributed by atoms with Gasteiger partial charge in [-0.3, -0.25) is 0 Å². The number of unbranched alkanes of at least 4 members (excludes halogenated alkanes) is 21. The molecule has 0 fully saturated rings. The van der Waals surface area contributed by atoms with Gasteiger partial charge in [-0.1, -0.05) is 70.6 Å². The molecule has 0 spiro atoms. The number of amides is 4. The van der Waals surface area contributed by atoms with E-state index in [1.54, 1.807) is 18.8 Å². The molecule has 0 aliphatic heterocycles. The topological polar surface area (TPSA) is 480 Å². The lowest BCUT2D eigenvalue weighted by atomic mass is 10.2. The van der Waals surface area contributed by atoms with Crippen LogP contribution in [0.4, 0.5) is 9.59 Å². The predicted molar refractivity (Wildman–Crippen MR) is 340 cm³/mol. The molecular formula is C61H90N18O17. The van der Waals surface area contributed by atoms with Gasteiger partial charge in [0.1, 0.15) is 19.8 Å². The van der Waals surface area contributed by atoms with Crippen LogP contribution in [-0.2, 0) is 76.0 Å². The molecule has 2 heterocycles. The quantitative estimate of drug-likeness (QED) is 0.0378. The van der Waals surface area contributed by atoms with E-state index in [0.717, 1.165) is 136 Å². The molecule has 0 bridgehead atoms. The molecule has 0 unspecified atom stereocenters. The van der Waals surface area contributed by atoms with Gasteiger partial charge in [-0.05, 0) is 109 Å². The van der Waals surface area contributed by atoms with Crippen molar-refractivity contribution in [1.82, 2.24) is 38.4 Å². The largest absolute Gasteiger partial charge is 0.428 e. The SMILES string of the molecule is N#COCCCCCCNC(=O)N(CCCCCCN=C=O)C(=O)NCCCCCCN=C=O.N#COCCCCCCn1c(=NCCCCCCN=C=O)oc(=O)n(COC#N)c1=O.N#COCCCCCCn1c(=O)n(CCCCCCN=C=O)c(=O)n(COC#N)c1=O. The summed E-state index contributed by atoms with van der Waals surface area (Å²) in [6.45, 7) is 3.84. The van der Waals surface area contributed by atoms with Crippen LogP contribution in [-0.4, -0.2) is 136 Å². The number of urea groups is 2. The third-order valence-electron chi connectivity index (χ3n) is 13.8. The number of carbonyl (C=O) groups is 2. The van der Waals surface area contributed by atoms with Crippen molar-refractivity contribution < 1.29 is 56.9 Å². The zero-order chi connectivity index (χ0) is 70.8. The van der Waals surface area contributed by atoms with Crippen molar-refractivity contribution in [2.75, 3.05) is 72.2 Å². The normalized spacial score (nSPS) is 10.1. The standard InChI is InChI=1S/C23H38N6O5.2C19H26N6O6/c24-19-34-18-12-6-4-10-16-28-23(33)29(17-11-5-3-8-14-26-21-31)22(32)27-15-9-2-1-7-13-25-20-30;20-13-29-12-8-4-3-7-11-24-17(23-10-6-2-1-5-9-22-15-26)31-19(28)25(18(24)27)16-30-14-21;20-13-30-12-8-4-3-7-11-24-17(27)23(10-6-2-1-5-9-22-15-26)18(28)25(19(24)29)16-31-14-21/h1-18H2,(H,27,32)(H,28,33);2*1-12,16H2. The number of imide groups is 1. The van der Waals surface area contributed by atoms with Gasteiger partial charge in [0.2, 0.25) is 24.3 Å². The third-order valence-corrected chi connectivity index (χ3v) is 13.8. The molecule has 0 aliphatic rings. The van der Waals surface area contributed by atoms with Gasteiger partial charge >= 0.3 is 46.3 Å². The second-order valence-electron chi connectivity index (χ2n) is 20.9. The Bertz CT molecular complexity index is 3330. The van der Waals surface area contributed by atoms with Crippen molar-refractivity contribution in [3.8, 4) is 31.3 Å². The smallest absolute Gasteiger partial charge is 0.428 e. The van der Waals surface area contributed by atoms with E-state index < -0.39 is 54.0 Å². The molecule has 96 heavy (non-hydrogen) atoms. The number of nitrogens with zero attached hydrogens (tertiary/aromatic N) is 16. The summed E-state index contributed by atoms with van der Waals surface area (Å²) < 4.78 is 32.7. The summed E-state index contributed by atoms with van der Waals surface area (Å²) in [6.07, 6.45) is 35.0. The Morgan fingerprint density at radius 1 is 0.375 bits per heavy atom. The fraction of sp³-hybridized carbons (Fsp3) is 0.721. The first-order valence-corrected chi connectivity index (χ1v) is 32.2. The van der Waals surface area contributed by atoms with E-state index in [2.05, 4.69) is 59.3 Å². The number of hydrogen-bond donors (Lipinski definition) is 2. The second-order valence-corrected chi connectivity index (χ2v) is 20.9. The Hall–Kier alpha value is -10.5. The van der Waals surface area contributed by atoms with Gasteiger partial charge < -0.3 is 38.7 Å². The minimum atomic E-state index is -0.948. The van der Waals surface area contributed by atoms with E-state index in [9.17, 15) is 52.7 Å². The van der Waals surface area contributed by atoms with E-state index in [0.29, 0.717) is 135 Å². The highest BCUT2D eigenvalue weighted by Crippen LogP contribution is 2.08. The monoisotopic (exact) mass is 1350 g/mol. The first kappa shape index (κ1) is 85.5. The van der Waals surface area contributed by atoms with Crippen LogP contribution < -0.4 is 44.8 Å². The molecule has 2 rings (SSSR count). The average molecular weight is 1350 g/mol. The van der Waals surface area contributed by atoms with Crippen LogP contribution in [0.15, 0.2) is 53.4 Å². The lowest BCUT2D eigenvalue weighted by Crippen LogP contribution is -2.54. The number of hydrogen-bond acceptors (Lipinski definition) is 27. The fourth-order valence-corrected chi connectivity index (χ4v) is 8.85. The maximum Gasteiger partial charge on any atom is 0.428 e. The van der Waals surface area contributed by atoms with Crippen LogP contribution in [0.1, 0.15) is 180 Å². The highest BCUT2D eigenvalue weighted by molar-refractivity contribution is 5.93. The van der Waals surface area contributed by atoms with Crippen LogP contribution in [0.3, 0.4) is 0 Å². The molecule has 2 aromatic heterocycles. The molecular weight excluding hydrogens is 1260 g/mol. The minimum Gasteiger partial charge on any atom is -0.428 e. The Morgan fingerprint density at radius 2 is 0.688 bits per heavy atom. The number of nitrogens with one attached hydrogen (secondary N) is 2. The van der Waals surface area contributed by atoms with Gasteiger partial charge in [0.25, 0.3) is 31.3 Å². The summed E-state index contributed by atoms with van der Waals surface area (Å²) in [6, 6.07) is -0.829. The van der Waals surface area contributed by atoms with Gasteiger partial charge in [-0.25, -0.2) is 101 Å². The number of carbonyl (C=O) groups excluding carboxylic acids is 6. The number of aromatic nitrogens is 5.